The number of carbonyl (C=O) groups excluding carboxylic acids is 1. The van der Waals surface area contributed by atoms with Crippen LogP contribution in [0.4, 0.5) is 0 Å². The molecule has 0 bridgehead atoms. The van der Waals surface area contributed by atoms with E-state index >= 15 is 0 Å². The van der Waals surface area contributed by atoms with E-state index in [-0.39, 0.29) is 22.9 Å². The predicted octanol–water partition coefficient (Wildman–Crippen LogP) is 1.43. The third kappa shape index (κ3) is 2.33. The highest BCUT2D eigenvalue weighted by atomic mass is 16.2. The summed E-state index contributed by atoms with van der Waals surface area (Å²) in [6, 6.07) is -0.0105. The van der Waals surface area contributed by atoms with Crippen LogP contribution in [0.1, 0.15) is 46.5 Å². The fourth-order valence-electron chi connectivity index (χ4n) is 2.34. The van der Waals surface area contributed by atoms with Gasteiger partial charge in [-0.25, -0.2) is 0 Å². The molecule has 1 unspecified atom stereocenters. The van der Waals surface area contributed by atoms with Crippen molar-refractivity contribution < 1.29 is 4.79 Å². The quantitative estimate of drug-likeness (QED) is 0.724. The van der Waals surface area contributed by atoms with Gasteiger partial charge in [0.1, 0.15) is 0 Å². The number of amides is 1. The summed E-state index contributed by atoms with van der Waals surface area (Å²) in [6.45, 7) is 7.45. The molecule has 0 aromatic rings. The van der Waals surface area contributed by atoms with E-state index in [1.165, 1.54) is 6.42 Å². The summed E-state index contributed by atoms with van der Waals surface area (Å²) in [7, 11) is 0. The van der Waals surface area contributed by atoms with Crippen LogP contribution >= 0.6 is 0 Å². The van der Waals surface area contributed by atoms with Crippen molar-refractivity contribution in [2.45, 2.75) is 58.0 Å². The third-order valence-corrected chi connectivity index (χ3v) is 3.81. The summed E-state index contributed by atoms with van der Waals surface area (Å²) in [5, 5.41) is 6.50. The molecule has 1 amide bonds. The Morgan fingerprint density at radius 2 is 1.93 bits per heavy atom. The zero-order chi connectivity index (χ0) is 11.1. The molecule has 0 aromatic heterocycles. The maximum Gasteiger partial charge on any atom is 0.238 e. The Bertz CT molecular complexity index is 269. The number of rotatable bonds is 2. The minimum atomic E-state index is -0.0105. The molecule has 86 valence electrons. The van der Waals surface area contributed by atoms with Crippen LogP contribution in [-0.4, -0.2) is 24.0 Å². The van der Waals surface area contributed by atoms with Crippen molar-refractivity contribution in [3.63, 3.8) is 0 Å². The van der Waals surface area contributed by atoms with Gasteiger partial charge in [-0.1, -0.05) is 13.8 Å². The van der Waals surface area contributed by atoms with Gasteiger partial charge in [-0.05, 0) is 44.6 Å². The molecule has 3 nitrogen and oxygen atoms in total. The van der Waals surface area contributed by atoms with Crippen LogP contribution in [0.5, 0.6) is 0 Å². The topological polar surface area (TPSA) is 41.1 Å². The number of hydrogen-bond acceptors (Lipinski definition) is 2. The predicted molar refractivity (Wildman–Crippen MR) is 60.6 cm³/mol. The molecule has 0 aromatic carbocycles. The molecular formula is C12H22N2O. The van der Waals surface area contributed by atoms with Gasteiger partial charge in [-0.2, -0.15) is 0 Å². The van der Waals surface area contributed by atoms with E-state index in [1.54, 1.807) is 0 Å². The molecule has 0 radical (unpaired) electrons. The zero-order valence-electron chi connectivity index (χ0n) is 10.0. The normalized spacial score (nSPS) is 32.1. The molecule has 1 saturated heterocycles. The van der Waals surface area contributed by atoms with Crippen LogP contribution in [0.3, 0.4) is 0 Å². The lowest BCUT2D eigenvalue weighted by molar-refractivity contribution is -0.127. The van der Waals surface area contributed by atoms with Crippen molar-refractivity contribution in [2.24, 2.45) is 5.41 Å². The van der Waals surface area contributed by atoms with Crippen LogP contribution in [0.15, 0.2) is 0 Å². The van der Waals surface area contributed by atoms with E-state index in [0.717, 1.165) is 25.8 Å². The molecule has 2 rings (SSSR count). The van der Waals surface area contributed by atoms with Gasteiger partial charge in [-0.3, -0.25) is 4.79 Å². The fourth-order valence-corrected chi connectivity index (χ4v) is 2.34. The summed E-state index contributed by atoms with van der Waals surface area (Å²) in [6.07, 6.45) is 4.57. The number of hydrogen-bond donors (Lipinski definition) is 2. The van der Waals surface area contributed by atoms with Crippen LogP contribution in [-0.2, 0) is 4.79 Å². The summed E-state index contributed by atoms with van der Waals surface area (Å²) < 4.78 is 0. The molecule has 1 atom stereocenters. The lowest BCUT2D eigenvalue weighted by Crippen LogP contribution is -2.57. The standard InChI is InChI=1S/C12H22N2O/c1-11(2)5-4-8-13-9(11)10(15)14-12(3)6-7-12/h9,13H,4-8H2,1-3H3,(H,14,15). The summed E-state index contributed by atoms with van der Waals surface area (Å²) in [5.41, 5.74) is 0.194. The average molecular weight is 210 g/mol. The zero-order valence-corrected chi connectivity index (χ0v) is 10.0. The van der Waals surface area contributed by atoms with E-state index in [0.29, 0.717) is 0 Å². The van der Waals surface area contributed by atoms with Crippen LogP contribution in [0.25, 0.3) is 0 Å². The first-order chi connectivity index (χ1) is 6.93. The molecule has 1 aliphatic carbocycles. The number of carbonyl (C=O) groups is 1. The summed E-state index contributed by atoms with van der Waals surface area (Å²) >= 11 is 0. The Labute approximate surface area is 92.0 Å². The van der Waals surface area contributed by atoms with Crippen LogP contribution in [0, 0.1) is 5.41 Å². The van der Waals surface area contributed by atoms with Crippen molar-refractivity contribution in [1.82, 2.24) is 10.6 Å². The largest absolute Gasteiger partial charge is 0.350 e. The van der Waals surface area contributed by atoms with Gasteiger partial charge in [0.05, 0.1) is 6.04 Å². The Hall–Kier alpha value is -0.570. The highest BCUT2D eigenvalue weighted by Gasteiger charge is 2.43. The monoisotopic (exact) mass is 210 g/mol. The molecule has 15 heavy (non-hydrogen) atoms. The van der Waals surface area contributed by atoms with Gasteiger partial charge in [-0.15, -0.1) is 0 Å². The summed E-state index contributed by atoms with van der Waals surface area (Å²) in [5.74, 6) is 0.194. The van der Waals surface area contributed by atoms with Crippen molar-refractivity contribution in [1.29, 1.82) is 0 Å². The van der Waals surface area contributed by atoms with Gasteiger partial charge in [0, 0.05) is 5.54 Å². The molecule has 2 N–H and O–H groups in total. The van der Waals surface area contributed by atoms with Gasteiger partial charge < -0.3 is 10.6 Å². The molecule has 1 heterocycles. The number of nitrogens with one attached hydrogen (secondary N) is 2. The Morgan fingerprint density at radius 1 is 1.27 bits per heavy atom. The Balaban J connectivity index is 1.98. The van der Waals surface area contributed by atoms with Crippen molar-refractivity contribution in [3.05, 3.63) is 0 Å². The van der Waals surface area contributed by atoms with E-state index in [4.69, 9.17) is 0 Å². The Kier molecular flexibility index (Phi) is 2.53. The molecular weight excluding hydrogens is 188 g/mol. The van der Waals surface area contributed by atoms with Crippen molar-refractivity contribution in [2.75, 3.05) is 6.54 Å². The van der Waals surface area contributed by atoms with E-state index < -0.39 is 0 Å². The molecule has 2 fully saturated rings. The smallest absolute Gasteiger partial charge is 0.238 e. The molecule has 2 aliphatic rings. The highest BCUT2D eigenvalue weighted by Crippen LogP contribution is 2.36. The third-order valence-electron chi connectivity index (χ3n) is 3.81. The van der Waals surface area contributed by atoms with Gasteiger partial charge in [0.2, 0.25) is 5.91 Å². The first-order valence-corrected chi connectivity index (χ1v) is 5.98. The van der Waals surface area contributed by atoms with Gasteiger partial charge >= 0.3 is 0 Å². The average Bonchev–Trinajstić information content (AvgIpc) is 2.82. The molecule has 1 saturated carbocycles. The van der Waals surface area contributed by atoms with E-state index in [9.17, 15) is 4.79 Å². The first kappa shape index (κ1) is 10.9. The van der Waals surface area contributed by atoms with E-state index in [1.807, 2.05) is 0 Å². The van der Waals surface area contributed by atoms with Crippen LogP contribution in [0.2, 0.25) is 0 Å². The highest BCUT2D eigenvalue weighted by molar-refractivity contribution is 5.83. The minimum Gasteiger partial charge on any atom is -0.350 e. The van der Waals surface area contributed by atoms with Crippen molar-refractivity contribution in [3.8, 4) is 0 Å². The number of piperidine rings is 1. The summed E-state index contributed by atoms with van der Waals surface area (Å²) in [4.78, 5) is 12.1. The molecule has 1 aliphatic heterocycles. The minimum absolute atomic E-state index is 0.0105. The molecule has 0 spiro atoms. The second-order valence-corrected chi connectivity index (χ2v) is 6.03. The maximum absolute atomic E-state index is 12.1. The second kappa shape index (κ2) is 3.48. The van der Waals surface area contributed by atoms with Crippen molar-refractivity contribution >= 4 is 5.91 Å². The van der Waals surface area contributed by atoms with E-state index in [2.05, 4.69) is 31.4 Å². The first-order valence-electron chi connectivity index (χ1n) is 5.98. The second-order valence-electron chi connectivity index (χ2n) is 6.03. The Morgan fingerprint density at radius 3 is 2.47 bits per heavy atom. The maximum atomic E-state index is 12.1. The molecule has 3 heteroatoms. The fraction of sp³-hybridized carbons (Fsp3) is 0.917. The van der Waals surface area contributed by atoms with Crippen LogP contribution < -0.4 is 10.6 Å². The van der Waals surface area contributed by atoms with Gasteiger partial charge in [0.25, 0.3) is 0 Å². The van der Waals surface area contributed by atoms with Gasteiger partial charge in [0.15, 0.2) is 0 Å². The SMILES string of the molecule is CC1(NC(=O)C2NCCCC2(C)C)CC1. The lowest BCUT2D eigenvalue weighted by Gasteiger charge is -2.38. The lowest BCUT2D eigenvalue weighted by atomic mass is 9.77.